The van der Waals surface area contributed by atoms with Crippen molar-refractivity contribution in [1.29, 1.82) is 5.26 Å². The van der Waals surface area contributed by atoms with E-state index in [2.05, 4.69) is 51.1 Å². The molecule has 35 heavy (non-hydrogen) atoms. The fraction of sp³-hybridized carbons (Fsp3) is 0.379. The van der Waals surface area contributed by atoms with Gasteiger partial charge in [-0.05, 0) is 59.5 Å². The molecule has 2 saturated heterocycles. The molecule has 2 heterocycles. The van der Waals surface area contributed by atoms with Crippen molar-refractivity contribution in [3.8, 4) is 6.07 Å². The molecular weight excluding hydrogens is 436 g/mol. The number of anilines is 1. The molecule has 0 spiro atoms. The highest BCUT2D eigenvalue weighted by Crippen LogP contribution is 2.30. The van der Waals surface area contributed by atoms with E-state index in [-0.39, 0.29) is 12.0 Å². The first-order valence-corrected chi connectivity index (χ1v) is 12.5. The molecule has 0 aliphatic carbocycles. The van der Waals surface area contributed by atoms with Gasteiger partial charge in [0.05, 0.1) is 18.7 Å². The lowest BCUT2D eigenvalue weighted by Gasteiger charge is -2.44. The van der Waals surface area contributed by atoms with Crippen LogP contribution in [0.15, 0.2) is 66.7 Å². The van der Waals surface area contributed by atoms with Crippen LogP contribution in [0.2, 0.25) is 0 Å². The quantitative estimate of drug-likeness (QED) is 0.523. The van der Waals surface area contributed by atoms with Crippen LogP contribution in [0.3, 0.4) is 0 Å². The molecule has 2 aliphatic heterocycles. The Morgan fingerprint density at radius 2 is 1.60 bits per heavy atom. The summed E-state index contributed by atoms with van der Waals surface area (Å²) in [6.45, 7) is 5.83. The SMILES string of the molecule is COC(=O)C(c1ccc2ccccc2c1)N1CCC(N2CCN(c3ccc(C#N)cc3)CC2)CC1. The smallest absolute Gasteiger partial charge is 0.327 e. The van der Waals surface area contributed by atoms with Crippen molar-refractivity contribution in [2.45, 2.75) is 24.9 Å². The lowest BCUT2D eigenvalue weighted by Crippen LogP contribution is -2.54. The average Bonchev–Trinajstić information content (AvgIpc) is 2.93. The van der Waals surface area contributed by atoms with E-state index in [0.29, 0.717) is 11.6 Å². The van der Waals surface area contributed by atoms with Crippen LogP contribution >= 0.6 is 0 Å². The summed E-state index contributed by atoms with van der Waals surface area (Å²) < 4.78 is 5.23. The number of nitrogens with zero attached hydrogens (tertiary/aromatic N) is 4. The van der Waals surface area contributed by atoms with Gasteiger partial charge in [0.2, 0.25) is 0 Å². The summed E-state index contributed by atoms with van der Waals surface area (Å²) in [6, 6.07) is 24.8. The van der Waals surface area contributed by atoms with Gasteiger partial charge in [-0.3, -0.25) is 9.80 Å². The van der Waals surface area contributed by atoms with Crippen LogP contribution in [0.4, 0.5) is 5.69 Å². The third-order valence-electron chi connectivity index (χ3n) is 7.57. The molecule has 6 nitrogen and oxygen atoms in total. The van der Waals surface area contributed by atoms with E-state index in [1.807, 2.05) is 36.4 Å². The molecule has 0 amide bonds. The van der Waals surface area contributed by atoms with Crippen molar-refractivity contribution in [2.24, 2.45) is 0 Å². The predicted octanol–water partition coefficient (Wildman–Crippen LogP) is 4.21. The first-order chi connectivity index (χ1) is 17.2. The molecule has 0 N–H and O–H groups in total. The molecule has 3 aromatic carbocycles. The van der Waals surface area contributed by atoms with Gasteiger partial charge in [0.1, 0.15) is 6.04 Å². The number of rotatable bonds is 5. The Kier molecular flexibility index (Phi) is 6.98. The summed E-state index contributed by atoms with van der Waals surface area (Å²) >= 11 is 0. The van der Waals surface area contributed by atoms with E-state index in [0.717, 1.165) is 63.1 Å². The minimum atomic E-state index is -0.362. The average molecular weight is 469 g/mol. The number of fused-ring (bicyclic) bond motifs is 1. The number of piperidine rings is 1. The Labute approximate surface area is 207 Å². The number of benzene rings is 3. The van der Waals surface area contributed by atoms with Crippen LogP contribution in [0, 0.1) is 11.3 Å². The number of hydrogen-bond acceptors (Lipinski definition) is 6. The first kappa shape index (κ1) is 23.3. The molecule has 1 atom stereocenters. The second-order valence-electron chi connectivity index (χ2n) is 9.48. The standard InChI is InChI=1S/C29H32N4O2/c1-35-29(34)28(25-9-8-23-4-2-3-5-24(23)20-25)33-14-12-27(13-15-33)32-18-16-31(17-19-32)26-10-6-22(21-30)7-11-26/h2-11,20,27-28H,12-19H2,1H3. The fourth-order valence-electron chi connectivity index (χ4n) is 5.59. The zero-order valence-corrected chi connectivity index (χ0v) is 20.3. The maximum atomic E-state index is 12.8. The Morgan fingerprint density at radius 1 is 0.914 bits per heavy atom. The highest BCUT2D eigenvalue weighted by Gasteiger charge is 2.34. The molecule has 2 aliphatic rings. The van der Waals surface area contributed by atoms with Gasteiger partial charge in [-0.1, -0.05) is 36.4 Å². The van der Waals surface area contributed by atoms with Crippen molar-refractivity contribution < 1.29 is 9.53 Å². The van der Waals surface area contributed by atoms with Gasteiger partial charge in [0, 0.05) is 51.0 Å². The summed E-state index contributed by atoms with van der Waals surface area (Å²) in [6.07, 6.45) is 2.11. The molecule has 6 heteroatoms. The van der Waals surface area contributed by atoms with Crippen molar-refractivity contribution in [2.75, 3.05) is 51.3 Å². The summed E-state index contributed by atoms with van der Waals surface area (Å²) in [7, 11) is 1.48. The monoisotopic (exact) mass is 468 g/mol. The van der Waals surface area contributed by atoms with E-state index in [1.165, 1.54) is 18.2 Å². The molecule has 1 unspecified atom stereocenters. The largest absolute Gasteiger partial charge is 0.468 e. The number of methoxy groups -OCH3 is 1. The van der Waals surface area contributed by atoms with Crippen LogP contribution in [0.1, 0.15) is 30.0 Å². The molecule has 0 saturated carbocycles. The van der Waals surface area contributed by atoms with Crippen LogP contribution in [0.5, 0.6) is 0 Å². The van der Waals surface area contributed by atoms with Gasteiger partial charge in [0.15, 0.2) is 0 Å². The molecule has 180 valence electrons. The number of piperazine rings is 1. The topological polar surface area (TPSA) is 59.8 Å². The third kappa shape index (κ3) is 5.02. The molecule has 0 radical (unpaired) electrons. The summed E-state index contributed by atoms with van der Waals surface area (Å²) in [5.74, 6) is -0.185. The number of carbonyl (C=O) groups is 1. The van der Waals surface area contributed by atoms with Gasteiger partial charge < -0.3 is 9.64 Å². The lowest BCUT2D eigenvalue weighted by molar-refractivity contribution is -0.148. The molecular formula is C29H32N4O2. The number of ether oxygens (including phenoxy) is 1. The van der Waals surface area contributed by atoms with E-state index in [1.54, 1.807) is 0 Å². The molecule has 0 bridgehead atoms. The second-order valence-corrected chi connectivity index (χ2v) is 9.48. The Bertz CT molecular complexity index is 1200. The van der Waals surface area contributed by atoms with E-state index in [4.69, 9.17) is 10.00 Å². The highest BCUT2D eigenvalue weighted by molar-refractivity contribution is 5.85. The van der Waals surface area contributed by atoms with E-state index in [9.17, 15) is 4.79 Å². The first-order valence-electron chi connectivity index (χ1n) is 12.5. The fourth-order valence-corrected chi connectivity index (χ4v) is 5.59. The zero-order chi connectivity index (χ0) is 24.2. The Morgan fingerprint density at radius 3 is 2.26 bits per heavy atom. The molecule has 3 aromatic rings. The maximum absolute atomic E-state index is 12.8. The normalized spacial score (nSPS) is 18.8. The number of esters is 1. The van der Waals surface area contributed by atoms with Crippen molar-refractivity contribution in [3.05, 3.63) is 77.9 Å². The zero-order valence-electron chi connectivity index (χ0n) is 20.3. The number of carbonyl (C=O) groups excluding carboxylic acids is 1. The molecule has 5 rings (SSSR count). The number of nitriles is 1. The second kappa shape index (κ2) is 10.5. The van der Waals surface area contributed by atoms with Gasteiger partial charge >= 0.3 is 5.97 Å². The van der Waals surface area contributed by atoms with Gasteiger partial charge in [0.25, 0.3) is 0 Å². The van der Waals surface area contributed by atoms with E-state index >= 15 is 0 Å². The molecule has 0 aromatic heterocycles. The highest BCUT2D eigenvalue weighted by atomic mass is 16.5. The van der Waals surface area contributed by atoms with Gasteiger partial charge in [-0.25, -0.2) is 4.79 Å². The van der Waals surface area contributed by atoms with E-state index < -0.39 is 0 Å². The van der Waals surface area contributed by atoms with Crippen molar-refractivity contribution in [3.63, 3.8) is 0 Å². The predicted molar refractivity (Wildman–Crippen MR) is 138 cm³/mol. The van der Waals surface area contributed by atoms with Gasteiger partial charge in [-0.2, -0.15) is 5.26 Å². The maximum Gasteiger partial charge on any atom is 0.327 e. The Balaban J connectivity index is 1.20. The van der Waals surface area contributed by atoms with Crippen LogP contribution in [-0.2, 0) is 9.53 Å². The molecule has 2 fully saturated rings. The summed E-state index contributed by atoms with van der Waals surface area (Å²) in [4.78, 5) is 20.1. The minimum Gasteiger partial charge on any atom is -0.468 e. The van der Waals surface area contributed by atoms with Crippen LogP contribution in [0.25, 0.3) is 10.8 Å². The van der Waals surface area contributed by atoms with Crippen LogP contribution < -0.4 is 4.90 Å². The lowest BCUT2D eigenvalue weighted by atomic mass is 9.96. The Hall–Kier alpha value is -3.40. The number of hydrogen-bond donors (Lipinski definition) is 0. The van der Waals surface area contributed by atoms with Crippen LogP contribution in [-0.4, -0.2) is 68.2 Å². The number of likely N-dealkylation sites (tertiary alicyclic amines) is 1. The minimum absolute atomic E-state index is 0.185. The van der Waals surface area contributed by atoms with Crippen molar-refractivity contribution in [1.82, 2.24) is 9.80 Å². The van der Waals surface area contributed by atoms with Gasteiger partial charge in [-0.15, -0.1) is 0 Å². The summed E-state index contributed by atoms with van der Waals surface area (Å²) in [5, 5.41) is 11.3. The summed E-state index contributed by atoms with van der Waals surface area (Å²) in [5.41, 5.74) is 2.90. The third-order valence-corrected chi connectivity index (χ3v) is 7.57. The van der Waals surface area contributed by atoms with Crippen molar-refractivity contribution >= 4 is 22.4 Å².